The predicted octanol–water partition coefficient (Wildman–Crippen LogP) is 4.68. The van der Waals surface area contributed by atoms with Gasteiger partial charge in [-0.15, -0.1) is 0 Å². The lowest BCUT2D eigenvalue weighted by atomic mass is 10.2. The molecule has 1 N–H and O–H groups in total. The van der Waals surface area contributed by atoms with Crippen molar-refractivity contribution in [2.24, 2.45) is 5.10 Å². The summed E-state index contributed by atoms with van der Waals surface area (Å²) in [6.07, 6.45) is 1.59. The van der Waals surface area contributed by atoms with Crippen molar-refractivity contribution in [2.75, 3.05) is 0 Å². The molecule has 4 nitrogen and oxygen atoms in total. The molecule has 0 saturated heterocycles. The van der Waals surface area contributed by atoms with Crippen LogP contribution >= 0.6 is 11.6 Å². The molecule has 0 aliphatic rings. The standard InChI is InChI=1S/C21H17ClN2O2/c22-18-12-10-17(11-13-18)15-26-20-9-5-4-8-19(20)21(25)24-23-14-16-6-2-1-3-7-16/h1-14H,15H2,(H,24,25)/b23-14-. The van der Waals surface area contributed by atoms with Gasteiger partial charge >= 0.3 is 0 Å². The van der Waals surface area contributed by atoms with Crippen LogP contribution in [0.5, 0.6) is 5.75 Å². The van der Waals surface area contributed by atoms with Gasteiger partial charge in [0.15, 0.2) is 0 Å². The monoisotopic (exact) mass is 364 g/mol. The van der Waals surface area contributed by atoms with Crippen molar-refractivity contribution in [3.63, 3.8) is 0 Å². The molecule has 0 fully saturated rings. The Labute approximate surface area is 157 Å². The first-order valence-corrected chi connectivity index (χ1v) is 8.45. The van der Waals surface area contributed by atoms with E-state index in [9.17, 15) is 4.79 Å². The number of hydrazone groups is 1. The molecule has 130 valence electrons. The molecular weight excluding hydrogens is 348 g/mol. The summed E-state index contributed by atoms with van der Waals surface area (Å²) in [5.41, 5.74) is 4.82. The molecule has 5 heteroatoms. The fourth-order valence-electron chi connectivity index (χ4n) is 2.29. The van der Waals surface area contributed by atoms with Crippen molar-refractivity contribution >= 4 is 23.7 Å². The van der Waals surface area contributed by atoms with Gasteiger partial charge in [0.1, 0.15) is 12.4 Å². The van der Waals surface area contributed by atoms with Gasteiger partial charge in [-0.25, -0.2) is 5.43 Å². The zero-order chi connectivity index (χ0) is 18.2. The fourth-order valence-corrected chi connectivity index (χ4v) is 2.41. The smallest absolute Gasteiger partial charge is 0.275 e. The predicted molar refractivity (Wildman–Crippen MR) is 104 cm³/mol. The first kappa shape index (κ1) is 17.7. The second-order valence-electron chi connectivity index (χ2n) is 5.52. The Morgan fingerprint density at radius 1 is 0.962 bits per heavy atom. The number of nitrogens with one attached hydrogen (secondary N) is 1. The molecule has 3 aromatic carbocycles. The SMILES string of the molecule is O=C(N/N=C\c1ccccc1)c1ccccc1OCc1ccc(Cl)cc1. The maximum atomic E-state index is 12.4. The summed E-state index contributed by atoms with van der Waals surface area (Å²) in [4.78, 5) is 12.4. The van der Waals surface area contributed by atoms with E-state index >= 15 is 0 Å². The Balaban J connectivity index is 1.65. The lowest BCUT2D eigenvalue weighted by Gasteiger charge is -2.10. The van der Waals surface area contributed by atoms with E-state index in [0.717, 1.165) is 11.1 Å². The number of nitrogens with zero attached hydrogens (tertiary/aromatic N) is 1. The van der Waals surface area contributed by atoms with E-state index in [1.165, 1.54) is 0 Å². The molecule has 0 atom stereocenters. The maximum Gasteiger partial charge on any atom is 0.275 e. The minimum Gasteiger partial charge on any atom is -0.488 e. The average molecular weight is 365 g/mol. The quantitative estimate of drug-likeness (QED) is 0.510. The number of carbonyl (C=O) groups is 1. The number of ether oxygens (including phenoxy) is 1. The number of carbonyl (C=O) groups excluding carboxylic acids is 1. The summed E-state index contributed by atoms with van der Waals surface area (Å²) in [7, 11) is 0. The largest absolute Gasteiger partial charge is 0.488 e. The maximum absolute atomic E-state index is 12.4. The normalized spacial score (nSPS) is 10.7. The van der Waals surface area contributed by atoms with Gasteiger partial charge in [-0.05, 0) is 35.4 Å². The molecule has 0 saturated carbocycles. The Hall–Kier alpha value is -3.11. The van der Waals surface area contributed by atoms with Crippen molar-refractivity contribution in [3.8, 4) is 5.75 Å². The van der Waals surface area contributed by atoms with Crippen LogP contribution in [0.4, 0.5) is 0 Å². The minimum absolute atomic E-state index is 0.330. The lowest BCUT2D eigenvalue weighted by Crippen LogP contribution is -2.18. The van der Waals surface area contributed by atoms with Gasteiger partial charge in [-0.3, -0.25) is 4.79 Å². The van der Waals surface area contributed by atoms with Crippen LogP contribution in [0.1, 0.15) is 21.5 Å². The molecule has 0 heterocycles. The summed E-state index contributed by atoms with van der Waals surface area (Å²) in [5.74, 6) is 0.166. The second kappa shape index (κ2) is 8.83. The van der Waals surface area contributed by atoms with Crippen LogP contribution in [0.15, 0.2) is 84.0 Å². The Bertz CT molecular complexity index is 893. The summed E-state index contributed by atoms with van der Waals surface area (Å²) in [5, 5.41) is 4.66. The number of benzene rings is 3. The average Bonchev–Trinajstić information content (AvgIpc) is 2.68. The van der Waals surface area contributed by atoms with E-state index < -0.39 is 0 Å². The van der Waals surface area contributed by atoms with E-state index in [4.69, 9.17) is 16.3 Å². The van der Waals surface area contributed by atoms with Crippen LogP contribution in [0, 0.1) is 0 Å². The van der Waals surface area contributed by atoms with Gasteiger partial charge in [0.25, 0.3) is 5.91 Å². The first-order valence-electron chi connectivity index (χ1n) is 8.07. The number of rotatable bonds is 6. The zero-order valence-corrected chi connectivity index (χ0v) is 14.7. The highest BCUT2D eigenvalue weighted by atomic mass is 35.5. The molecule has 3 rings (SSSR count). The topological polar surface area (TPSA) is 50.7 Å². The first-order chi connectivity index (χ1) is 12.7. The third-order valence-corrected chi connectivity index (χ3v) is 3.87. The molecule has 0 aliphatic heterocycles. The molecule has 0 aliphatic carbocycles. The molecule has 3 aromatic rings. The molecule has 26 heavy (non-hydrogen) atoms. The summed E-state index contributed by atoms with van der Waals surface area (Å²) in [6, 6.07) is 24.0. The van der Waals surface area contributed by atoms with Crippen molar-refractivity contribution in [3.05, 3.63) is 101 Å². The molecule has 0 radical (unpaired) electrons. The molecule has 0 unspecified atom stereocenters. The van der Waals surface area contributed by atoms with Gasteiger partial charge < -0.3 is 4.74 Å². The Morgan fingerprint density at radius 3 is 2.42 bits per heavy atom. The van der Waals surface area contributed by atoms with Crippen LogP contribution in [0.2, 0.25) is 5.02 Å². The van der Waals surface area contributed by atoms with E-state index in [2.05, 4.69) is 10.5 Å². The van der Waals surface area contributed by atoms with Crippen molar-refractivity contribution < 1.29 is 9.53 Å². The fraction of sp³-hybridized carbons (Fsp3) is 0.0476. The van der Waals surface area contributed by atoms with E-state index in [0.29, 0.717) is 22.9 Å². The van der Waals surface area contributed by atoms with Gasteiger partial charge in [0.2, 0.25) is 0 Å². The van der Waals surface area contributed by atoms with Crippen LogP contribution in [-0.2, 0) is 6.61 Å². The van der Waals surface area contributed by atoms with Crippen LogP contribution < -0.4 is 10.2 Å². The molecule has 1 amide bonds. The highest BCUT2D eigenvalue weighted by Crippen LogP contribution is 2.20. The van der Waals surface area contributed by atoms with Crippen LogP contribution in [0.25, 0.3) is 0 Å². The lowest BCUT2D eigenvalue weighted by molar-refractivity contribution is 0.0950. The van der Waals surface area contributed by atoms with Crippen molar-refractivity contribution in [2.45, 2.75) is 6.61 Å². The summed E-state index contributed by atoms with van der Waals surface area (Å²) in [6.45, 7) is 0.342. The van der Waals surface area contributed by atoms with Gasteiger partial charge in [-0.2, -0.15) is 5.10 Å². The zero-order valence-electron chi connectivity index (χ0n) is 13.9. The van der Waals surface area contributed by atoms with Crippen molar-refractivity contribution in [1.82, 2.24) is 5.43 Å². The van der Waals surface area contributed by atoms with Gasteiger partial charge in [-0.1, -0.05) is 66.2 Å². The number of hydrogen-bond acceptors (Lipinski definition) is 3. The third kappa shape index (κ3) is 4.94. The minimum atomic E-state index is -0.330. The molecular formula is C21H17ClN2O2. The number of hydrogen-bond donors (Lipinski definition) is 1. The molecule has 0 bridgehead atoms. The van der Waals surface area contributed by atoms with E-state index in [-0.39, 0.29) is 5.91 Å². The van der Waals surface area contributed by atoms with Crippen molar-refractivity contribution in [1.29, 1.82) is 0 Å². The molecule has 0 aromatic heterocycles. The third-order valence-electron chi connectivity index (χ3n) is 3.62. The Morgan fingerprint density at radius 2 is 1.65 bits per heavy atom. The highest BCUT2D eigenvalue weighted by Gasteiger charge is 2.11. The van der Waals surface area contributed by atoms with Gasteiger partial charge in [0.05, 0.1) is 11.8 Å². The second-order valence-corrected chi connectivity index (χ2v) is 5.96. The highest BCUT2D eigenvalue weighted by molar-refractivity contribution is 6.30. The van der Waals surface area contributed by atoms with E-state index in [1.807, 2.05) is 48.5 Å². The number of amides is 1. The van der Waals surface area contributed by atoms with Crippen LogP contribution in [0.3, 0.4) is 0 Å². The number of para-hydroxylation sites is 1. The summed E-state index contributed by atoms with van der Waals surface area (Å²) >= 11 is 5.88. The Kier molecular flexibility index (Phi) is 6.01. The molecule has 0 spiro atoms. The van der Waals surface area contributed by atoms with E-state index in [1.54, 1.807) is 36.5 Å². The number of halogens is 1. The van der Waals surface area contributed by atoms with Gasteiger partial charge in [0, 0.05) is 5.02 Å². The summed E-state index contributed by atoms with van der Waals surface area (Å²) < 4.78 is 5.79. The van der Waals surface area contributed by atoms with Crippen LogP contribution in [-0.4, -0.2) is 12.1 Å².